The van der Waals surface area contributed by atoms with Crippen LogP contribution in [0.25, 0.3) is 0 Å². The Kier molecular flexibility index (Phi) is 9.71. The largest absolute Gasteiger partial charge is 0.486 e. The van der Waals surface area contributed by atoms with Crippen LogP contribution < -0.4 is 20.1 Å². The Labute approximate surface area is 170 Å². The van der Waals surface area contributed by atoms with Gasteiger partial charge in [-0.25, -0.2) is 9.37 Å². The van der Waals surface area contributed by atoms with Crippen LogP contribution >= 0.6 is 24.0 Å². The Morgan fingerprint density at radius 1 is 1.27 bits per heavy atom. The van der Waals surface area contributed by atoms with E-state index in [-0.39, 0.29) is 41.6 Å². The fourth-order valence-corrected chi connectivity index (χ4v) is 2.12. The molecule has 0 radical (unpaired) electrons. The molecule has 142 valence electrons. The minimum atomic E-state index is -0.372. The lowest BCUT2D eigenvalue weighted by Crippen LogP contribution is -2.41. The van der Waals surface area contributed by atoms with E-state index >= 15 is 0 Å². The molecule has 0 spiro atoms. The first-order valence-corrected chi connectivity index (χ1v) is 7.97. The summed E-state index contributed by atoms with van der Waals surface area (Å²) in [6.07, 6.45) is 1.47. The average molecular weight is 474 g/mol. The van der Waals surface area contributed by atoms with Gasteiger partial charge in [-0.05, 0) is 30.7 Å². The Hall–Kier alpha value is -2.10. The van der Waals surface area contributed by atoms with E-state index in [1.807, 2.05) is 19.1 Å². The Morgan fingerprint density at radius 3 is 2.73 bits per heavy atom. The molecule has 0 amide bonds. The Balaban J connectivity index is 0.00000338. The van der Waals surface area contributed by atoms with Gasteiger partial charge in [-0.15, -0.1) is 24.0 Å². The number of hydrogen-bond acceptors (Lipinski definition) is 4. The van der Waals surface area contributed by atoms with E-state index in [1.165, 1.54) is 6.07 Å². The average Bonchev–Trinajstić information content (AvgIpc) is 2.64. The zero-order valence-electron chi connectivity index (χ0n) is 15.0. The lowest BCUT2D eigenvalue weighted by Gasteiger charge is -2.18. The van der Waals surface area contributed by atoms with Gasteiger partial charge >= 0.3 is 0 Å². The van der Waals surface area contributed by atoms with E-state index in [9.17, 15) is 4.39 Å². The summed E-state index contributed by atoms with van der Waals surface area (Å²) in [5, 5.41) is 6.35. The van der Waals surface area contributed by atoms with Crippen LogP contribution in [0.2, 0.25) is 0 Å². The number of aliphatic imine (C=N–C) groups is 1. The first-order valence-electron chi connectivity index (χ1n) is 7.97. The highest BCUT2D eigenvalue weighted by molar-refractivity contribution is 14.0. The molecule has 26 heavy (non-hydrogen) atoms. The maximum absolute atomic E-state index is 13.6. The third-order valence-corrected chi connectivity index (χ3v) is 3.41. The Bertz CT molecular complexity index is 715. The highest BCUT2D eigenvalue weighted by Gasteiger charge is 2.09. The van der Waals surface area contributed by atoms with Crippen LogP contribution in [0.5, 0.6) is 11.6 Å². The van der Waals surface area contributed by atoms with E-state index in [0.29, 0.717) is 24.9 Å². The summed E-state index contributed by atoms with van der Waals surface area (Å²) in [4.78, 5) is 8.23. The third-order valence-electron chi connectivity index (χ3n) is 3.41. The molecule has 1 aromatic carbocycles. The van der Waals surface area contributed by atoms with Crippen LogP contribution in [0.3, 0.4) is 0 Å². The number of halogens is 2. The van der Waals surface area contributed by atoms with Gasteiger partial charge in [-0.1, -0.05) is 12.1 Å². The summed E-state index contributed by atoms with van der Waals surface area (Å²) in [6, 6.07) is 10.1. The molecular weight excluding hydrogens is 450 g/mol. The molecule has 0 aliphatic rings. The fraction of sp³-hybridized carbons (Fsp3) is 0.333. The number of nitrogens with zero attached hydrogens (tertiary/aromatic N) is 2. The molecular formula is C18H24FIN4O2. The number of benzene rings is 1. The molecule has 0 saturated heterocycles. The lowest BCUT2D eigenvalue weighted by atomic mass is 10.2. The quantitative estimate of drug-likeness (QED) is 0.367. The SMILES string of the molecule is CN=C(NCc1ccnc(OC)c1)NCC(C)Oc1ccccc1F.I. The van der Waals surface area contributed by atoms with Crippen molar-refractivity contribution in [2.24, 2.45) is 4.99 Å². The van der Waals surface area contributed by atoms with Gasteiger partial charge in [0, 0.05) is 25.9 Å². The summed E-state index contributed by atoms with van der Waals surface area (Å²) in [6.45, 7) is 2.91. The van der Waals surface area contributed by atoms with Crippen LogP contribution in [0.15, 0.2) is 47.6 Å². The number of guanidine groups is 1. The van der Waals surface area contributed by atoms with Crippen molar-refractivity contribution in [3.05, 3.63) is 54.0 Å². The number of para-hydroxylation sites is 1. The van der Waals surface area contributed by atoms with Gasteiger partial charge in [0.2, 0.25) is 5.88 Å². The minimum absolute atomic E-state index is 0. The van der Waals surface area contributed by atoms with Gasteiger partial charge in [0.1, 0.15) is 6.10 Å². The van der Waals surface area contributed by atoms with Gasteiger partial charge in [0.15, 0.2) is 17.5 Å². The summed E-state index contributed by atoms with van der Waals surface area (Å²) >= 11 is 0. The second-order valence-corrected chi connectivity index (χ2v) is 5.37. The molecule has 8 heteroatoms. The molecule has 1 heterocycles. The van der Waals surface area contributed by atoms with Crippen LogP contribution in [0.1, 0.15) is 12.5 Å². The van der Waals surface area contributed by atoms with Gasteiger partial charge in [0.25, 0.3) is 0 Å². The van der Waals surface area contributed by atoms with Crippen molar-refractivity contribution in [1.29, 1.82) is 0 Å². The summed E-state index contributed by atoms with van der Waals surface area (Å²) in [5.74, 6) is 1.06. The van der Waals surface area contributed by atoms with Gasteiger partial charge in [-0.2, -0.15) is 0 Å². The second kappa shape index (κ2) is 11.5. The first kappa shape index (κ1) is 21.9. The van der Waals surface area contributed by atoms with Crippen molar-refractivity contribution in [2.45, 2.75) is 19.6 Å². The van der Waals surface area contributed by atoms with Crippen molar-refractivity contribution >= 4 is 29.9 Å². The molecule has 0 bridgehead atoms. The number of ether oxygens (including phenoxy) is 2. The van der Waals surface area contributed by atoms with Gasteiger partial charge in [0.05, 0.1) is 13.7 Å². The zero-order valence-corrected chi connectivity index (χ0v) is 17.4. The van der Waals surface area contributed by atoms with E-state index < -0.39 is 0 Å². The lowest BCUT2D eigenvalue weighted by molar-refractivity contribution is 0.214. The second-order valence-electron chi connectivity index (χ2n) is 5.37. The van der Waals surface area contributed by atoms with Crippen LogP contribution in [-0.2, 0) is 6.54 Å². The molecule has 1 unspecified atom stereocenters. The van der Waals surface area contributed by atoms with Crippen molar-refractivity contribution in [1.82, 2.24) is 15.6 Å². The number of aromatic nitrogens is 1. The minimum Gasteiger partial charge on any atom is -0.486 e. The number of methoxy groups -OCH3 is 1. The molecule has 2 aromatic rings. The maximum Gasteiger partial charge on any atom is 0.213 e. The highest BCUT2D eigenvalue weighted by atomic mass is 127. The van der Waals surface area contributed by atoms with Gasteiger partial charge < -0.3 is 20.1 Å². The standard InChI is InChI=1S/C18H23FN4O2.HI/c1-13(25-16-7-5-4-6-15(16)19)11-22-18(20-2)23-12-14-8-9-21-17(10-14)24-3;/h4-10,13H,11-12H2,1-3H3,(H2,20,22,23);1H. The molecule has 2 N–H and O–H groups in total. The molecule has 2 rings (SSSR count). The van der Waals surface area contributed by atoms with Crippen LogP contribution in [0, 0.1) is 5.82 Å². The van der Waals surface area contributed by atoms with E-state index in [4.69, 9.17) is 9.47 Å². The molecule has 0 aliphatic heterocycles. The molecule has 6 nitrogen and oxygen atoms in total. The topological polar surface area (TPSA) is 67.8 Å². The summed E-state index contributed by atoms with van der Waals surface area (Å²) in [7, 11) is 3.27. The predicted octanol–water partition coefficient (Wildman–Crippen LogP) is 2.98. The number of pyridine rings is 1. The fourth-order valence-electron chi connectivity index (χ4n) is 2.12. The van der Waals surface area contributed by atoms with E-state index in [0.717, 1.165) is 5.56 Å². The van der Waals surface area contributed by atoms with Crippen LogP contribution in [0.4, 0.5) is 4.39 Å². The molecule has 0 saturated carbocycles. The van der Waals surface area contributed by atoms with Crippen molar-refractivity contribution < 1.29 is 13.9 Å². The normalized spacial score (nSPS) is 11.9. The van der Waals surface area contributed by atoms with Crippen molar-refractivity contribution in [3.8, 4) is 11.6 Å². The monoisotopic (exact) mass is 474 g/mol. The third kappa shape index (κ3) is 7.03. The zero-order chi connectivity index (χ0) is 18.1. The smallest absolute Gasteiger partial charge is 0.213 e. The summed E-state index contributed by atoms with van der Waals surface area (Å²) < 4.78 is 24.3. The van der Waals surface area contributed by atoms with E-state index in [1.54, 1.807) is 38.6 Å². The highest BCUT2D eigenvalue weighted by Crippen LogP contribution is 2.16. The number of nitrogens with one attached hydrogen (secondary N) is 2. The predicted molar refractivity (Wildman–Crippen MR) is 111 cm³/mol. The molecule has 1 aromatic heterocycles. The number of hydrogen-bond donors (Lipinski definition) is 2. The summed E-state index contributed by atoms with van der Waals surface area (Å²) in [5.41, 5.74) is 1.02. The maximum atomic E-state index is 13.6. The number of rotatable bonds is 7. The molecule has 0 aliphatic carbocycles. The van der Waals surface area contributed by atoms with Crippen molar-refractivity contribution in [2.75, 3.05) is 20.7 Å². The van der Waals surface area contributed by atoms with Crippen LogP contribution in [-0.4, -0.2) is 37.7 Å². The van der Waals surface area contributed by atoms with Crippen molar-refractivity contribution in [3.63, 3.8) is 0 Å². The molecule has 1 atom stereocenters. The molecule has 0 fully saturated rings. The Morgan fingerprint density at radius 2 is 2.04 bits per heavy atom. The van der Waals surface area contributed by atoms with E-state index in [2.05, 4.69) is 20.6 Å². The first-order chi connectivity index (χ1) is 12.1. The van der Waals surface area contributed by atoms with Gasteiger partial charge in [-0.3, -0.25) is 4.99 Å².